The van der Waals surface area contributed by atoms with E-state index < -0.39 is 22.5 Å². The van der Waals surface area contributed by atoms with Gasteiger partial charge in [-0.2, -0.15) is 4.72 Å². The number of likely N-dealkylation sites (tertiary alicyclic amines) is 1. The Balaban J connectivity index is 1.52. The predicted molar refractivity (Wildman–Crippen MR) is 110 cm³/mol. The van der Waals surface area contributed by atoms with Crippen molar-refractivity contribution in [1.82, 2.24) is 9.62 Å². The van der Waals surface area contributed by atoms with Crippen LogP contribution in [0.15, 0.2) is 47.4 Å². The van der Waals surface area contributed by atoms with Gasteiger partial charge in [-0.25, -0.2) is 8.42 Å². The van der Waals surface area contributed by atoms with Crippen LogP contribution in [0, 0.1) is 11.8 Å². The first-order valence-electron chi connectivity index (χ1n) is 9.66. The average Bonchev–Trinajstić information content (AvgIpc) is 2.69. The first kappa shape index (κ1) is 21.3. The van der Waals surface area contributed by atoms with E-state index >= 15 is 0 Å². The average molecular weight is 419 g/mol. The Morgan fingerprint density at radius 3 is 2.41 bits per heavy atom. The van der Waals surface area contributed by atoms with Crippen LogP contribution in [0.3, 0.4) is 0 Å². The van der Waals surface area contributed by atoms with Gasteiger partial charge in [0.15, 0.2) is 6.61 Å². The minimum absolute atomic E-state index is 0.0661. The van der Waals surface area contributed by atoms with Crippen molar-refractivity contribution in [2.45, 2.75) is 25.2 Å². The molecule has 0 aliphatic carbocycles. The summed E-state index contributed by atoms with van der Waals surface area (Å²) in [5, 5.41) is 1.71. The van der Waals surface area contributed by atoms with Crippen molar-refractivity contribution in [2.24, 2.45) is 11.8 Å². The first-order valence-corrected chi connectivity index (χ1v) is 11.1. The maximum atomic E-state index is 12.4. The van der Waals surface area contributed by atoms with Gasteiger partial charge in [0, 0.05) is 13.1 Å². The monoisotopic (exact) mass is 418 g/mol. The molecule has 0 unspecified atom stereocenters. The number of carbonyl (C=O) groups is 2. The third-order valence-corrected chi connectivity index (χ3v) is 6.41. The lowest BCUT2D eigenvalue weighted by Gasteiger charge is -2.34. The van der Waals surface area contributed by atoms with Crippen molar-refractivity contribution in [3.05, 3.63) is 42.5 Å². The Hall–Kier alpha value is -2.45. The summed E-state index contributed by atoms with van der Waals surface area (Å²) in [5.41, 5.74) is 0. The van der Waals surface area contributed by atoms with Crippen LogP contribution < -0.4 is 4.72 Å². The minimum Gasteiger partial charge on any atom is -0.455 e. The number of carbonyl (C=O) groups excluding carboxylic acids is 2. The number of hydrogen-bond donors (Lipinski definition) is 1. The van der Waals surface area contributed by atoms with Crippen LogP contribution in [0.5, 0.6) is 0 Å². The second-order valence-corrected chi connectivity index (χ2v) is 9.51. The van der Waals surface area contributed by atoms with Gasteiger partial charge in [-0.3, -0.25) is 9.59 Å². The lowest BCUT2D eigenvalue weighted by Crippen LogP contribution is -2.44. The van der Waals surface area contributed by atoms with E-state index in [1.807, 2.05) is 24.3 Å². The summed E-state index contributed by atoms with van der Waals surface area (Å²) in [6.07, 6.45) is 1.07. The Labute approximate surface area is 171 Å². The fourth-order valence-corrected chi connectivity index (χ4v) is 4.73. The van der Waals surface area contributed by atoms with Crippen LogP contribution in [0.4, 0.5) is 0 Å². The Morgan fingerprint density at radius 1 is 1.07 bits per heavy atom. The van der Waals surface area contributed by atoms with E-state index in [0.717, 1.165) is 17.2 Å². The van der Waals surface area contributed by atoms with E-state index in [-0.39, 0.29) is 17.4 Å². The summed E-state index contributed by atoms with van der Waals surface area (Å²) in [4.78, 5) is 25.9. The molecular formula is C21H26N2O5S. The molecule has 0 aromatic heterocycles. The van der Waals surface area contributed by atoms with Crippen LogP contribution in [0.2, 0.25) is 0 Å². The molecule has 1 aliphatic rings. The Morgan fingerprint density at radius 2 is 1.72 bits per heavy atom. The van der Waals surface area contributed by atoms with Crippen molar-refractivity contribution >= 4 is 32.7 Å². The van der Waals surface area contributed by atoms with Gasteiger partial charge in [0.05, 0.1) is 4.90 Å². The van der Waals surface area contributed by atoms with Crippen LogP contribution in [0.1, 0.15) is 20.3 Å². The lowest BCUT2D eigenvalue weighted by atomic mass is 9.92. The molecule has 3 rings (SSSR count). The van der Waals surface area contributed by atoms with Gasteiger partial charge in [-0.15, -0.1) is 0 Å². The van der Waals surface area contributed by atoms with Crippen molar-refractivity contribution in [2.75, 3.05) is 26.2 Å². The van der Waals surface area contributed by atoms with E-state index in [2.05, 4.69) is 18.6 Å². The molecule has 1 heterocycles. The highest BCUT2D eigenvalue weighted by Crippen LogP contribution is 2.21. The molecule has 1 saturated heterocycles. The summed E-state index contributed by atoms with van der Waals surface area (Å²) in [6, 6.07) is 12.1. The van der Waals surface area contributed by atoms with E-state index in [9.17, 15) is 18.0 Å². The zero-order valence-corrected chi connectivity index (χ0v) is 17.4. The number of hydrogen-bond acceptors (Lipinski definition) is 5. The molecule has 2 aromatic carbocycles. The number of esters is 1. The molecule has 29 heavy (non-hydrogen) atoms. The third kappa shape index (κ3) is 5.55. The Bertz CT molecular complexity index is 995. The summed E-state index contributed by atoms with van der Waals surface area (Å²) in [7, 11) is -3.87. The normalized spacial score (nSPS) is 19.9. The number of fused-ring (bicyclic) bond motifs is 1. The zero-order valence-electron chi connectivity index (χ0n) is 16.6. The van der Waals surface area contributed by atoms with Gasteiger partial charge < -0.3 is 9.64 Å². The summed E-state index contributed by atoms with van der Waals surface area (Å²) in [5.74, 6) is -0.228. The second-order valence-electron chi connectivity index (χ2n) is 7.74. The molecule has 1 N–H and O–H groups in total. The third-order valence-electron chi connectivity index (χ3n) is 5.02. The molecule has 1 amide bonds. The number of sulfonamides is 1. The number of nitrogens with zero attached hydrogens (tertiary/aromatic N) is 1. The van der Waals surface area contributed by atoms with Gasteiger partial charge in [0.1, 0.15) is 6.54 Å². The fraction of sp³-hybridized carbons (Fsp3) is 0.429. The van der Waals surface area contributed by atoms with E-state index in [1.54, 1.807) is 17.0 Å². The van der Waals surface area contributed by atoms with E-state index in [1.165, 1.54) is 6.07 Å². The largest absolute Gasteiger partial charge is 0.455 e. The van der Waals surface area contributed by atoms with Crippen molar-refractivity contribution in [3.63, 3.8) is 0 Å². The molecule has 156 valence electrons. The standard InChI is InChI=1S/C21H26N2O5S/c1-15-9-16(2)13-23(12-15)20(24)14-28-21(25)11-22-29(26,27)19-8-7-17-5-3-4-6-18(17)10-19/h3-8,10,15-16,22H,9,11-14H2,1-2H3/t15-,16-/m1/s1. The van der Waals surface area contributed by atoms with E-state index in [0.29, 0.717) is 24.9 Å². The number of amides is 1. The number of rotatable bonds is 6. The Kier molecular flexibility index (Phi) is 6.54. The fourth-order valence-electron chi connectivity index (χ4n) is 3.72. The molecule has 0 bridgehead atoms. The van der Waals surface area contributed by atoms with Gasteiger partial charge in [-0.05, 0) is 41.2 Å². The summed E-state index contributed by atoms with van der Waals surface area (Å²) < 4.78 is 32.1. The molecule has 1 aliphatic heterocycles. The lowest BCUT2D eigenvalue weighted by molar-refractivity contribution is -0.152. The minimum atomic E-state index is -3.87. The molecular weight excluding hydrogens is 392 g/mol. The molecule has 2 aromatic rings. The van der Waals surface area contributed by atoms with Gasteiger partial charge in [0.2, 0.25) is 10.0 Å². The van der Waals surface area contributed by atoms with Crippen molar-refractivity contribution in [3.8, 4) is 0 Å². The number of piperidine rings is 1. The number of nitrogens with one attached hydrogen (secondary N) is 1. The molecule has 0 spiro atoms. The van der Waals surface area contributed by atoms with Crippen molar-refractivity contribution < 1.29 is 22.7 Å². The topological polar surface area (TPSA) is 92.8 Å². The SMILES string of the molecule is C[C@@H]1C[C@@H](C)CN(C(=O)COC(=O)CNS(=O)(=O)c2ccc3ccccc3c2)C1. The number of benzene rings is 2. The maximum Gasteiger partial charge on any atom is 0.321 e. The van der Waals surface area contributed by atoms with Crippen LogP contribution in [-0.4, -0.2) is 51.4 Å². The molecule has 7 nitrogen and oxygen atoms in total. The van der Waals surface area contributed by atoms with E-state index in [4.69, 9.17) is 4.74 Å². The van der Waals surface area contributed by atoms with Gasteiger partial charge in [0.25, 0.3) is 5.91 Å². The van der Waals surface area contributed by atoms with Crippen LogP contribution in [0.25, 0.3) is 10.8 Å². The summed E-state index contributed by atoms with van der Waals surface area (Å²) >= 11 is 0. The second kappa shape index (κ2) is 8.92. The molecule has 2 atom stereocenters. The van der Waals surface area contributed by atoms with Crippen molar-refractivity contribution in [1.29, 1.82) is 0 Å². The molecule has 8 heteroatoms. The number of ether oxygens (including phenoxy) is 1. The maximum absolute atomic E-state index is 12.4. The predicted octanol–water partition coefficient (Wildman–Crippen LogP) is 2.17. The van der Waals surface area contributed by atoms with Gasteiger partial charge in [-0.1, -0.05) is 44.2 Å². The highest BCUT2D eigenvalue weighted by atomic mass is 32.2. The summed E-state index contributed by atoms with van der Waals surface area (Å²) in [6.45, 7) is 4.56. The van der Waals surface area contributed by atoms with Crippen LogP contribution in [-0.2, 0) is 24.3 Å². The highest BCUT2D eigenvalue weighted by Gasteiger charge is 2.26. The van der Waals surface area contributed by atoms with Gasteiger partial charge >= 0.3 is 5.97 Å². The zero-order chi connectivity index (χ0) is 21.0. The quantitative estimate of drug-likeness (QED) is 0.726. The molecule has 0 radical (unpaired) electrons. The first-order chi connectivity index (χ1) is 13.7. The molecule has 0 saturated carbocycles. The molecule has 1 fully saturated rings. The highest BCUT2D eigenvalue weighted by molar-refractivity contribution is 7.89. The van der Waals surface area contributed by atoms with Crippen LogP contribution >= 0.6 is 0 Å². The smallest absolute Gasteiger partial charge is 0.321 e.